The summed E-state index contributed by atoms with van der Waals surface area (Å²) in [5.74, 6) is -2.13. The quantitative estimate of drug-likeness (QED) is 0.402. The van der Waals surface area contributed by atoms with Crippen LogP contribution in [0.3, 0.4) is 0 Å². The van der Waals surface area contributed by atoms with Gasteiger partial charge in [-0.25, -0.2) is 4.39 Å². The zero-order valence-corrected chi connectivity index (χ0v) is 17.8. The van der Waals surface area contributed by atoms with Crippen LogP contribution >= 0.6 is 15.9 Å². The van der Waals surface area contributed by atoms with Gasteiger partial charge in [-0.2, -0.15) is 0 Å². The topological polar surface area (TPSA) is 60.9 Å². The molecule has 1 aliphatic heterocycles. The van der Waals surface area contributed by atoms with Crippen LogP contribution in [0, 0.1) is 5.82 Å². The molecule has 5 nitrogen and oxygen atoms in total. The predicted octanol–water partition coefficient (Wildman–Crippen LogP) is 3.96. The molecule has 0 bridgehead atoms. The molecule has 152 valence electrons. The summed E-state index contributed by atoms with van der Waals surface area (Å²) in [4.78, 5) is 29.2. The average molecular weight is 461 g/mol. The standard InChI is InChI=1S/C22H22BrFN2O3/c1-25(2)11-4-12-26-19(15-5-3-6-16(23)13-15)18(21(28)22(26)29)20(27)14-7-9-17(24)10-8-14/h3,5-10,13,19,27H,4,11-12H2,1-2H3/t19-/m1/s1. The smallest absolute Gasteiger partial charge is 0.295 e. The number of Topliss-reactive ketones (excluding diaryl/α,β-unsaturated/α-hetero) is 1. The molecular weight excluding hydrogens is 439 g/mol. The molecule has 1 heterocycles. The fraction of sp³-hybridized carbons (Fsp3) is 0.273. The number of benzene rings is 2. The van der Waals surface area contributed by atoms with E-state index in [4.69, 9.17) is 0 Å². The minimum absolute atomic E-state index is 0.0181. The van der Waals surface area contributed by atoms with Gasteiger partial charge >= 0.3 is 0 Å². The van der Waals surface area contributed by atoms with E-state index in [1.54, 1.807) is 0 Å². The third-order valence-electron chi connectivity index (χ3n) is 4.83. The van der Waals surface area contributed by atoms with Crippen molar-refractivity contribution in [3.05, 3.63) is 75.5 Å². The van der Waals surface area contributed by atoms with Crippen LogP contribution < -0.4 is 0 Å². The lowest BCUT2D eigenvalue weighted by molar-refractivity contribution is -0.139. The van der Waals surface area contributed by atoms with Crippen molar-refractivity contribution in [3.63, 3.8) is 0 Å². The van der Waals surface area contributed by atoms with E-state index in [-0.39, 0.29) is 16.9 Å². The highest BCUT2D eigenvalue weighted by Gasteiger charge is 2.45. The minimum Gasteiger partial charge on any atom is -0.507 e. The van der Waals surface area contributed by atoms with Crippen molar-refractivity contribution in [2.24, 2.45) is 0 Å². The summed E-state index contributed by atoms with van der Waals surface area (Å²) >= 11 is 3.43. The zero-order valence-electron chi connectivity index (χ0n) is 16.2. The molecule has 0 aromatic heterocycles. The van der Waals surface area contributed by atoms with Crippen LogP contribution in [-0.2, 0) is 9.59 Å². The normalized spacial score (nSPS) is 18.7. The van der Waals surface area contributed by atoms with Crippen molar-refractivity contribution in [2.75, 3.05) is 27.2 Å². The summed E-state index contributed by atoms with van der Waals surface area (Å²) in [5.41, 5.74) is 1.02. The second kappa shape index (κ2) is 8.88. The summed E-state index contributed by atoms with van der Waals surface area (Å²) in [6, 6.07) is 11.8. The first-order valence-electron chi connectivity index (χ1n) is 9.24. The van der Waals surface area contributed by atoms with Crippen molar-refractivity contribution in [1.82, 2.24) is 9.80 Å². The molecule has 1 aliphatic rings. The van der Waals surface area contributed by atoms with Crippen molar-refractivity contribution in [3.8, 4) is 0 Å². The minimum atomic E-state index is -0.735. The number of amides is 1. The van der Waals surface area contributed by atoms with Gasteiger partial charge in [0.2, 0.25) is 0 Å². The molecular formula is C22H22BrFN2O3. The lowest BCUT2D eigenvalue weighted by atomic mass is 9.95. The first-order chi connectivity index (χ1) is 13.8. The van der Waals surface area contributed by atoms with E-state index in [0.29, 0.717) is 18.5 Å². The van der Waals surface area contributed by atoms with E-state index in [1.165, 1.54) is 29.2 Å². The number of nitrogens with zero attached hydrogens (tertiary/aromatic N) is 2. The van der Waals surface area contributed by atoms with Gasteiger partial charge in [-0.3, -0.25) is 9.59 Å². The maximum Gasteiger partial charge on any atom is 0.295 e. The molecule has 7 heteroatoms. The van der Waals surface area contributed by atoms with Gasteiger partial charge in [-0.05, 0) is 69.0 Å². The molecule has 1 N–H and O–H groups in total. The van der Waals surface area contributed by atoms with E-state index in [2.05, 4.69) is 15.9 Å². The van der Waals surface area contributed by atoms with Crippen LogP contribution in [0.15, 0.2) is 58.6 Å². The predicted molar refractivity (Wildman–Crippen MR) is 113 cm³/mol. The van der Waals surface area contributed by atoms with Gasteiger partial charge in [0.05, 0.1) is 11.6 Å². The number of carbonyl (C=O) groups excluding carboxylic acids is 2. The summed E-state index contributed by atoms with van der Waals surface area (Å²) in [6.45, 7) is 1.13. The summed E-state index contributed by atoms with van der Waals surface area (Å²) in [5, 5.41) is 10.9. The van der Waals surface area contributed by atoms with Crippen molar-refractivity contribution < 1.29 is 19.1 Å². The largest absolute Gasteiger partial charge is 0.507 e. The van der Waals surface area contributed by atoms with E-state index < -0.39 is 23.5 Å². The Hall–Kier alpha value is -2.51. The van der Waals surface area contributed by atoms with Crippen molar-refractivity contribution in [1.29, 1.82) is 0 Å². The number of aliphatic hydroxyl groups excluding tert-OH is 1. The summed E-state index contributed by atoms with van der Waals surface area (Å²) < 4.78 is 14.1. The number of aliphatic hydroxyl groups is 1. The van der Waals surface area contributed by atoms with Crippen LogP contribution in [0.4, 0.5) is 4.39 Å². The first kappa shape index (κ1) is 21.2. The van der Waals surface area contributed by atoms with E-state index >= 15 is 0 Å². The third-order valence-corrected chi connectivity index (χ3v) is 5.32. The molecule has 1 fully saturated rings. The number of hydrogen-bond acceptors (Lipinski definition) is 4. The Morgan fingerprint density at radius 3 is 2.48 bits per heavy atom. The molecule has 2 aromatic carbocycles. The maximum atomic E-state index is 13.3. The van der Waals surface area contributed by atoms with Crippen molar-refractivity contribution >= 4 is 33.4 Å². The summed E-state index contributed by atoms with van der Waals surface area (Å²) in [7, 11) is 3.88. The van der Waals surface area contributed by atoms with Crippen LogP contribution in [0.1, 0.15) is 23.6 Å². The third kappa shape index (κ3) is 4.57. The second-order valence-corrected chi connectivity index (χ2v) is 8.13. The highest BCUT2D eigenvalue weighted by Crippen LogP contribution is 2.40. The number of hydrogen-bond donors (Lipinski definition) is 1. The molecule has 2 aromatic rings. The SMILES string of the molecule is CN(C)CCCN1C(=O)C(=O)C(=C(O)c2ccc(F)cc2)[C@H]1c1cccc(Br)c1. The number of rotatable bonds is 6. The van der Waals surface area contributed by atoms with E-state index in [0.717, 1.165) is 11.0 Å². The van der Waals surface area contributed by atoms with Gasteiger partial charge < -0.3 is 14.9 Å². The lowest BCUT2D eigenvalue weighted by Gasteiger charge is -2.26. The van der Waals surface area contributed by atoms with E-state index in [1.807, 2.05) is 43.3 Å². The Kier molecular flexibility index (Phi) is 6.49. The van der Waals surface area contributed by atoms with Crippen LogP contribution in [0.2, 0.25) is 0 Å². The van der Waals surface area contributed by atoms with Gasteiger partial charge in [0.15, 0.2) is 0 Å². The Morgan fingerprint density at radius 2 is 1.86 bits per heavy atom. The molecule has 0 spiro atoms. The molecule has 3 rings (SSSR count). The van der Waals surface area contributed by atoms with Gasteiger partial charge in [0.25, 0.3) is 11.7 Å². The fourth-order valence-electron chi connectivity index (χ4n) is 3.45. The molecule has 1 amide bonds. The highest BCUT2D eigenvalue weighted by atomic mass is 79.9. The van der Waals surface area contributed by atoms with Gasteiger partial charge in [-0.1, -0.05) is 28.1 Å². The van der Waals surface area contributed by atoms with Gasteiger partial charge in [-0.15, -0.1) is 0 Å². The molecule has 29 heavy (non-hydrogen) atoms. The molecule has 0 saturated carbocycles. The lowest BCUT2D eigenvalue weighted by Crippen LogP contribution is -2.32. The Bertz CT molecular complexity index is 957. The number of carbonyl (C=O) groups is 2. The van der Waals surface area contributed by atoms with E-state index in [9.17, 15) is 19.1 Å². The molecule has 1 atom stereocenters. The monoisotopic (exact) mass is 460 g/mol. The van der Waals surface area contributed by atoms with Crippen LogP contribution in [0.25, 0.3) is 5.76 Å². The van der Waals surface area contributed by atoms with Crippen LogP contribution in [0.5, 0.6) is 0 Å². The molecule has 1 saturated heterocycles. The zero-order chi connectivity index (χ0) is 21.1. The number of ketones is 1. The molecule has 0 radical (unpaired) electrons. The van der Waals surface area contributed by atoms with Crippen LogP contribution in [-0.4, -0.2) is 53.8 Å². The number of halogens is 2. The molecule has 0 unspecified atom stereocenters. The maximum absolute atomic E-state index is 13.3. The first-order valence-corrected chi connectivity index (χ1v) is 10.0. The van der Waals surface area contributed by atoms with Crippen molar-refractivity contribution in [2.45, 2.75) is 12.5 Å². The highest BCUT2D eigenvalue weighted by molar-refractivity contribution is 9.10. The second-order valence-electron chi connectivity index (χ2n) is 7.21. The van der Waals surface area contributed by atoms with Gasteiger partial charge in [0, 0.05) is 16.6 Å². The average Bonchev–Trinajstić information content (AvgIpc) is 2.93. The molecule has 0 aliphatic carbocycles. The Labute approximate surface area is 177 Å². The van der Waals surface area contributed by atoms with Gasteiger partial charge in [0.1, 0.15) is 11.6 Å². The fourth-order valence-corrected chi connectivity index (χ4v) is 3.87. The Morgan fingerprint density at radius 1 is 1.17 bits per heavy atom. The number of likely N-dealkylation sites (tertiary alicyclic amines) is 1. The Balaban J connectivity index is 2.09. The summed E-state index contributed by atoms with van der Waals surface area (Å²) in [6.07, 6.45) is 0.682.